The van der Waals surface area contributed by atoms with Crippen molar-refractivity contribution in [3.05, 3.63) is 227 Å². The molecule has 8 aromatic rings. The van der Waals surface area contributed by atoms with Crippen molar-refractivity contribution >= 4 is 69.2 Å². The van der Waals surface area contributed by atoms with Gasteiger partial charge in [0.05, 0.1) is 5.56 Å². The summed E-state index contributed by atoms with van der Waals surface area (Å²) in [5, 5.41) is 12.4. The largest absolute Gasteiger partial charge is 0.311 e. The summed E-state index contributed by atoms with van der Waals surface area (Å²) in [5.74, 6) is 1.37. The number of fused-ring (bicyclic) bond motifs is 1. The number of nitriles is 1. The molecule has 0 aliphatic heterocycles. The molecule has 10 rings (SSSR count). The Kier molecular flexibility index (Phi) is 13.0. The zero-order chi connectivity index (χ0) is 44.5. The van der Waals surface area contributed by atoms with Gasteiger partial charge in [-0.2, -0.15) is 5.26 Å². The average molecular weight is 856 g/mol. The summed E-state index contributed by atoms with van der Waals surface area (Å²) in [4.78, 5) is 4.66. The van der Waals surface area contributed by atoms with Gasteiger partial charge < -0.3 is 9.80 Å². The zero-order valence-electron chi connectivity index (χ0n) is 37.8. The fourth-order valence-electron chi connectivity index (χ4n) is 10.3. The van der Waals surface area contributed by atoms with Crippen molar-refractivity contribution in [3.8, 4) is 6.07 Å². The van der Waals surface area contributed by atoms with Crippen LogP contribution in [0.25, 0.3) is 35.1 Å². The molecule has 0 amide bonds. The summed E-state index contributed by atoms with van der Waals surface area (Å²) in [6.45, 7) is 0. The Morgan fingerprint density at radius 2 is 0.773 bits per heavy atom. The van der Waals surface area contributed by atoms with Gasteiger partial charge in [-0.05, 0) is 155 Å². The maximum atomic E-state index is 10.4. The minimum absolute atomic E-state index is 0.682. The van der Waals surface area contributed by atoms with E-state index in [1.54, 1.807) is 0 Å². The maximum absolute atomic E-state index is 10.4. The second-order valence-corrected chi connectivity index (χ2v) is 18.2. The quantitative estimate of drug-likeness (QED) is 0.115. The number of para-hydroxylation sites is 2. The van der Waals surface area contributed by atoms with Gasteiger partial charge >= 0.3 is 0 Å². The highest BCUT2D eigenvalue weighted by Gasteiger charge is 2.19. The van der Waals surface area contributed by atoms with Crippen LogP contribution in [-0.4, -0.2) is 0 Å². The summed E-state index contributed by atoms with van der Waals surface area (Å²) in [6, 6.07) is 70.3. The molecule has 2 aliphatic rings. The molecule has 0 spiro atoms. The Hall–Kier alpha value is -7.41. The second kappa shape index (κ2) is 20.2. The van der Waals surface area contributed by atoms with E-state index in [0.717, 1.165) is 61.5 Å². The number of rotatable bonds is 12. The van der Waals surface area contributed by atoms with Crippen molar-refractivity contribution in [1.82, 2.24) is 0 Å². The molecule has 3 nitrogen and oxygen atoms in total. The molecule has 66 heavy (non-hydrogen) atoms. The standard InChI is InChI=1S/C63H57N3/c64-46-63-54(29-23-48-26-38-59(39-27-48)66(57-19-11-4-12-20-57)61-42-34-53(35-43-61)51-15-7-2-8-16-51)30-31-55-45-49(28-44-62(55)63)22-21-47-24-36-58(37-25-47)65(56-17-9-3-10-18-56)60-40-32-52(33-41-60)50-13-5-1-6-14-50/h3-4,9-12,17-45,50-51H,1-2,5-8,13-16H2/b22-21+,29-23+. The monoisotopic (exact) mass is 855 g/mol. The van der Waals surface area contributed by atoms with E-state index in [4.69, 9.17) is 0 Å². The highest BCUT2D eigenvalue weighted by molar-refractivity contribution is 5.94. The molecule has 0 heterocycles. The van der Waals surface area contributed by atoms with E-state index in [-0.39, 0.29) is 0 Å². The van der Waals surface area contributed by atoms with Gasteiger partial charge in [0.1, 0.15) is 6.07 Å². The van der Waals surface area contributed by atoms with Crippen molar-refractivity contribution in [2.24, 2.45) is 0 Å². The first kappa shape index (κ1) is 42.5. The lowest BCUT2D eigenvalue weighted by Crippen LogP contribution is -2.10. The smallest absolute Gasteiger partial charge is 0.100 e. The number of benzene rings is 8. The minimum atomic E-state index is 0.682. The first-order chi connectivity index (χ1) is 32.7. The third kappa shape index (κ3) is 9.65. The Balaban J connectivity index is 0.834. The predicted octanol–water partition coefficient (Wildman–Crippen LogP) is 18.1. The van der Waals surface area contributed by atoms with Gasteiger partial charge in [0.2, 0.25) is 0 Å². The minimum Gasteiger partial charge on any atom is -0.311 e. The highest BCUT2D eigenvalue weighted by atomic mass is 15.1. The topological polar surface area (TPSA) is 30.3 Å². The van der Waals surface area contributed by atoms with E-state index < -0.39 is 0 Å². The van der Waals surface area contributed by atoms with Gasteiger partial charge in [-0.15, -0.1) is 0 Å². The molecule has 0 N–H and O–H groups in total. The third-order valence-electron chi connectivity index (χ3n) is 13.9. The average Bonchev–Trinajstić information content (AvgIpc) is 3.39. The molecule has 2 aliphatic carbocycles. The Morgan fingerprint density at radius 1 is 0.379 bits per heavy atom. The molecule has 0 saturated heterocycles. The van der Waals surface area contributed by atoms with E-state index in [9.17, 15) is 5.26 Å². The van der Waals surface area contributed by atoms with E-state index in [2.05, 4.69) is 228 Å². The normalized spacial score (nSPS) is 14.7. The summed E-state index contributed by atoms with van der Waals surface area (Å²) in [5.41, 5.74) is 14.6. The molecule has 3 heteroatoms. The van der Waals surface area contributed by atoms with E-state index >= 15 is 0 Å². The van der Waals surface area contributed by atoms with Crippen molar-refractivity contribution < 1.29 is 0 Å². The van der Waals surface area contributed by atoms with E-state index in [1.807, 2.05) is 0 Å². The van der Waals surface area contributed by atoms with Crippen LogP contribution in [0.4, 0.5) is 34.1 Å². The van der Waals surface area contributed by atoms with Crippen LogP contribution in [0.1, 0.15) is 115 Å². The third-order valence-corrected chi connectivity index (χ3v) is 13.9. The zero-order valence-corrected chi connectivity index (χ0v) is 37.8. The van der Waals surface area contributed by atoms with Crippen molar-refractivity contribution in [2.75, 3.05) is 9.80 Å². The second-order valence-electron chi connectivity index (χ2n) is 18.2. The van der Waals surface area contributed by atoms with Gasteiger partial charge in [0, 0.05) is 39.5 Å². The molecule has 2 fully saturated rings. The lowest BCUT2D eigenvalue weighted by molar-refractivity contribution is 0.443. The fraction of sp³-hybridized carbons (Fsp3) is 0.190. The maximum Gasteiger partial charge on any atom is 0.100 e. The molecule has 8 aromatic carbocycles. The van der Waals surface area contributed by atoms with E-state index in [0.29, 0.717) is 17.4 Å². The van der Waals surface area contributed by atoms with Gasteiger partial charge in [0.25, 0.3) is 0 Å². The Morgan fingerprint density at radius 3 is 1.23 bits per heavy atom. The van der Waals surface area contributed by atoms with Crippen molar-refractivity contribution in [2.45, 2.75) is 76.0 Å². The van der Waals surface area contributed by atoms with Crippen molar-refractivity contribution in [3.63, 3.8) is 0 Å². The summed E-state index contributed by atoms with van der Waals surface area (Å²) in [6.07, 6.45) is 21.8. The van der Waals surface area contributed by atoms with Gasteiger partial charge in [0.15, 0.2) is 0 Å². The van der Waals surface area contributed by atoms with Crippen LogP contribution in [0.15, 0.2) is 188 Å². The Bertz CT molecular complexity index is 2950. The predicted molar refractivity (Wildman–Crippen MR) is 280 cm³/mol. The van der Waals surface area contributed by atoms with Crippen LogP contribution in [0.3, 0.4) is 0 Å². The molecule has 0 bridgehead atoms. The van der Waals surface area contributed by atoms with Crippen LogP contribution in [0.5, 0.6) is 0 Å². The summed E-state index contributed by atoms with van der Waals surface area (Å²) >= 11 is 0. The molecule has 2 saturated carbocycles. The molecule has 0 radical (unpaired) electrons. The lowest BCUT2D eigenvalue weighted by atomic mass is 9.84. The number of nitrogens with zero attached hydrogens (tertiary/aromatic N) is 3. The molecule has 0 unspecified atom stereocenters. The fourth-order valence-corrected chi connectivity index (χ4v) is 10.3. The van der Waals surface area contributed by atoms with E-state index in [1.165, 1.54) is 81.0 Å². The van der Waals surface area contributed by atoms with Gasteiger partial charge in [-0.1, -0.05) is 172 Å². The lowest BCUT2D eigenvalue weighted by Gasteiger charge is -2.27. The number of hydrogen-bond donors (Lipinski definition) is 0. The van der Waals surface area contributed by atoms with Crippen LogP contribution >= 0.6 is 0 Å². The van der Waals surface area contributed by atoms with Crippen LogP contribution < -0.4 is 9.80 Å². The molecule has 0 atom stereocenters. The summed E-state index contributed by atoms with van der Waals surface area (Å²) in [7, 11) is 0. The molecular formula is C63H57N3. The molecule has 324 valence electrons. The van der Waals surface area contributed by atoms with Crippen LogP contribution in [0, 0.1) is 11.3 Å². The van der Waals surface area contributed by atoms with Crippen molar-refractivity contribution in [1.29, 1.82) is 5.26 Å². The molecule has 0 aromatic heterocycles. The first-order valence-electron chi connectivity index (χ1n) is 24.1. The number of hydrogen-bond acceptors (Lipinski definition) is 3. The number of anilines is 6. The van der Waals surface area contributed by atoms with Crippen LogP contribution in [-0.2, 0) is 0 Å². The summed E-state index contributed by atoms with van der Waals surface area (Å²) < 4.78 is 0. The van der Waals surface area contributed by atoms with Gasteiger partial charge in [-0.25, -0.2) is 0 Å². The van der Waals surface area contributed by atoms with Gasteiger partial charge in [-0.3, -0.25) is 0 Å². The highest BCUT2D eigenvalue weighted by Crippen LogP contribution is 2.40. The SMILES string of the molecule is N#Cc1c(/C=C/c2ccc(N(c3ccccc3)c3ccc(C4CCCCC4)cc3)cc2)ccc2cc(/C=C/c3ccc(N(c4ccccc4)c4ccc(C5CCCCC5)cc4)cc3)ccc12. The Labute approximate surface area is 391 Å². The first-order valence-corrected chi connectivity index (χ1v) is 24.1. The van der Waals surface area contributed by atoms with Crippen LogP contribution in [0.2, 0.25) is 0 Å². The molecular weight excluding hydrogens is 799 g/mol.